The summed E-state index contributed by atoms with van der Waals surface area (Å²) in [5, 5.41) is 4.31. The van der Waals surface area contributed by atoms with Gasteiger partial charge in [-0.3, -0.25) is 10.1 Å². The van der Waals surface area contributed by atoms with Gasteiger partial charge in [-0.05, 0) is 5.56 Å². The average Bonchev–Trinajstić information content (AvgIpc) is 3.53. The van der Waals surface area contributed by atoms with Crippen LogP contribution in [0.1, 0.15) is 5.56 Å². The first-order chi connectivity index (χ1) is 18.1. The molecule has 4 heterocycles. The Hall–Kier alpha value is -4.16. The smallest absolute Gasteiger partial charge is 0.426 e. The number of aromatic nitrogens is 5. The minimum Gasteiger partial charge on any atom is -0.443 e. The molecule has 1 aliphatic rings. The summed E-state index contributed by atoms with van der Waals surface area (Å²) in [5.74, 6) is 1.21. The van der Waals surface area contributed by atoms with Crippen LogP contribution in [-0.4, -0.2) is 70.4 Å². The van der Waals surface area contributed by atoms with Gasteiger partial charge in [0, 0.05) is 46.1 Å². The SMILES string of the molecule is COCCn1c(-c2cnn(C)c2)nc2c(N3CCOCC3)cc(NNC(=O)OCc3ccccc3)nc21. The van der Waals surface area contributed by atoms with Crippen molar-refractivity contribution in [2.45, 2.75) is 13.2 Å². The fourth-order valence-electron chi connectivity index (χ4n) is 4.21. The number of methoxy groups -OCH3 is 1. The third kappa shape index (κ3) is 5.65. The molecule has 0 radical (unpaired) electrons. The third-order valence-electron chi connectivity index (χ3n) is 6.02. The van der Waals surface area contributed by atoms with E-state index in [1.807, 2.05) is 54.2 Å². The van der Waals surface area contributed by atoms with Crippen LogP contribution in [-0.2, 0) is 34.4 Å². The van der Waals surface area contributed by atoms with Crippen molar-refractivity contribution in [3.63, 3.8) is 0 Å². The molecule has 0 atom stereocenters. The Bertz CT molecular complexity index is 1350. The Kier molecular flexibility index (Phi) is 7.47. The van der Waals surface area contributed by atoms with Crippen LogP contribution >= 0.6 is 0 Å². The molecule has 4 aromatic rings. The van der Waals surface area contributed by atoms with Gasteiger partial charge in [0.25, 0.3) is 0 Å². The Morgan fingerprint density at radius 2 is 1.97 bits per heavy atom. The highest BCUT2D eigenvalue weighted by Crippen LogP contribution is 2.32. The van der Waals surface area contributed by atoms with Gasteiger partial charge >= 0.3 is 6.09 Å². The summed E-state index contributed by atoms with van der Waals surface area (Å²) in [6, 6.07) is 11.4. The number of hydrogen-bond donors (Lipinski definition) is 2. The van der Waals surface area contributed by atoms with E-state index in [4.69, 9.17) is 24.2 Å². The molecule has 194 valence electrons. The highest BCUT2D eigenvalue weighted by Gasteiger charge is 2.23. The number of carbonyl (C=O) groups is 1. The van der Waals surface area contributed by atoms with Crippen molar-refractivity contribution < 1.29 is 19.0 Å². The molecule has 1 aliphatic heterocycles. The van der Waals surface area contributed by atoms with Gasteiger partial charge in [-0.25, -0.2) is 20.2 Å². The maximum atomic E-state index is 12.3. The number of aryl methyl sites for hydroxylation is 1. The number of hydrazine groups is 1. The Morgan fingerprint density at radius 1 is 1.16 bits per heavy atom. The number of imidazole rings is 1. The van der Waals surface area contributed by atoms with Gasteiger partial charge in [-0.15, -0.1) is 0 Å². The monoisotopic (exact) mass is 506 g/mol. The lowest BCUT2D eigenvalue weighted by atomic mass is 10.2. The first kappa shape index (κ1) is 24.5. The van der Waals surface area contributed by atoms with E-state index in [9.17, 15) is 4.79 Å². The van der Waals surface area contributed by atoms with Gasteiger partial charge in [0.1, 0.15) is 23.8 Å². The molecule has 12 nitrogen and oxygen atoms in total. The molecule has 12 heteroatoms. The molecule has 0 saturated carbocycles. The van der Waals surface area contributed by atoms with E-state index in [1.54, 1.807) is 18.0 Å². The number of ether oxygens (including phenoxy) is 3. The summed E-state index contributed by atoms with van der Waals surface area (Å²) in [6.45, 7) is 3.87. The van der Waals surface area contributed by atoms with Crippen molar-refractivity contribution in [1.82, 2.24) is 29.7 Å². The fraction of sp³-hybridized carbons (Fsp3) is 0.360. The predicted octanol–water partition coefficient (Wildman–Crippen LogP) is 2.57. The minimum atomic E-state index is -0.609. The third-order valence-corrected chi connectivity index (χ3v) is 6.02. The van der Waals surface area contributed by atoms with Crippen molar-refractivity contribution in [3.8, 4) is 11.4 Å². The van der Waals surface area contributed by atoms with E-state index >= 15 is 0 Å². The number of morpholine rings is 1. The molecule has 1 fully saturated rings. The molecule has 0 spiro atoms. The normalized spacial score (nSPS) is 13.6. The van der Waals surface area contributed by atoms with Crippen LogP contribution in [0.25, 0.3) is 22.6 Å². The molecule has 3 aromatic heterocycles. The zero-order valence-electron chi connectivity index (χ0n) is 20.9. The second-order valence-corrected chi connectivity index (χ2v) is 8.59. The van der Waals surface area contributed by atoms with Gasteiger partial charge in [0.05, 0.1) is 37.3 Å². The van der Waals surface area contributed by atoms with Crippen LogP contribution in [0.5, 0.6) is 0 Å². The van der Waals surface area contributed by atoms with Crippen molar-refractivity contribution in [2.75, 3.05) is 50.3 Å². The van der Waals surface area contributed by atoms with Crippen LogP contribution in [0.2, 0.25) is 0 Å². The Labute approximate surface area is 214 Å². The van der Waals surface area contributed by atoms with Crippen molar-refractivity contribution >= 4 is 28.8 Å². The van der Waals surface area contributed by atoms with E-state index in [-0.39, 0.29) is 6.61 Å². The number of nitrogens with one attached hydrogen (secondary N) is 2. The summed E-state index contributed by atoms with van der Waals surface area (Å²) >= 11 is 0. The lowest BCUT2D eigenvalue weighted by Crippen LogP contribution is -2.36. The largest absolute Gasteiger partial charge is 0.443 e. The van der Waals surface area contributed by atoms with Gasteiger partial charge in [0.2, 0.25) is 0 Å². The summed E-state index contributed by atoms with van der Waals surface area (Å²) in [7, 11) is 3.53. The van der Waals surface area contributed by atoms with E-state index in [0.717, 1.165) is 41.2 Å². The number of amides is 1. The van der Waals surface area contributed by atoms with E-state index < -0.39 is 6.09 Å². The van der Waals surface area contributed by atoms with Gasteiger partial charge in [0.15, 0.2) is 5.65 Å². The van der Waals surface area contributed by atoms with Crippen LogP contribution in [0.15, 0.2) is 48.8 Å². The molecular weight excluding hydrogens is 476 g/mol. The number of benzene rings is 1. The van der Waals surface area contributed by atoms with Gasteiger partial charge in [-0.2, -0.15) is 5.10 Å². The molecule has 37 heavy (non-hydrogen) atoms. The van der Waals surface area contributed by atoms with Crippen molar-refractivity contribution in [3.05, 3.63) is 54.4 Å². The molecule has 0 unspecified atom stereocenters. The highest BCUT2D eigenvalue weighted by molar-refractivity contribution is 5.91. The quantitative estimate of drug-likeness (QED) is 0.330. The molecule has 1 saturated heterocycles. The van der Waals surface area contributed by atoms with E-state index in [1.165, 1.54) is 0 Å². The predicted molar refractivity (Wildman–Crippen MR) is 138 cm³/mol. The van der Waals surface area contributed by atoms with E-state index in [2.05, 4.69) is 20.9 Å². The highest BCUT2D eigenvalue weighted by atomic mass is 16.6. The number of nitrogens with zero attached hydrogens (tertiary/aromatic N) is 6. The maximum absolute atomic E-state index is 12.3. The van der Waals surface area contributed by atoms with Crippen LogP contribution in [0.4, 0.5) is 16.3 Å². The second-order valence-electron chi connectivity index (χ2n) is 8.59. The number of anilines is 2. The average molecular weight is 507 g/mol. The number of pyridine rings is 1. The van der Waals surface area contributed by atoms with Gasteiger partial charge < -0.3 is 23.7 Å². The standard InChI is InChI=1S/C25H30N8O4/c1-31-16-19(15-26-31)23-28-22-20(32-8-12-36-13-9-32)14-21(27-24(22)33(23)10-11-35-2)29-30-25(34)37-17-18-6-4-3-5-7-18/h3-7,14-16H,8-13,17H2,1-2H3,(H,27,29)(H,30,34). The lowest BCUT2D eigenvalue weighted by Gasteiger charge is -2.29. The Morgan fingerprint density at radius 3 is 2.70 bits per heavy atom. The summed E-state index contributed by atoms with van der Waals surface area (Å²) in [4.78, 5) is 24.4. The first-order valence-electron chi connectivity index (χ1n) is 12.1. The fourth-order valence-corrected chi connectivity index (χ4v) is 4.21. The Balaban J connectivity index is 1.46. The van der Waals surface area contributed by atoms with Crippen LogP contribution in [0.3, 0.4) is 0 Å². The van der Waals surface area contributed by atoms with E-state index in [0.29, 0.717) is 37.8 Å². The zero-order valence-corrected chi connectivity index (χ0v) is 20.9. The van der Waals surface area contributed by atoms with Crippen molar-refractivity contribution in [2.24, 2.45) is 7.05 Å². The minimum absolute atomic E-state index is 0.165. The molecule has 2 N–H and O–H groups in total. The second kappa shape index (κ2) is 11.3. The van der Waals surface area contributed by atoms with Crippen LogP contribution in [0, 0.1) is 0 Å². The summed E-state index contributed by atoms with van der Waals surface area (Å²) < 4.78 is 20.0. The summed E-state index contributed by atoms with van der Waals surface area (Å²) in [5.41, 5.74) is 9.59. The molecule has 1 amide bonds. The molecule has 0 aliphatic carbocycles. The molecular formula is C25H30N8O4. The lowest BCUT2D eigenvalue weighted by molar-refractivity contribution is 0.123. The first-order valence-corrected chi connectivity index (χ1v) is 12.1. The van der Waals surface area contributed by atoms with Gasteiger partial charge in [-0.1, -0.05) is 30.3 Å². The number of rotatable bonds is 9. The number of fused-ring (bicyclic) bond motifs is 1. The van der Waals surface area contributed by atoms with Crippen molar-refractivity contribution in [1.29, 1.82) is 0 Å². The zero-order chi connectivity index (χ0) is 25.6. The number of carbonyl (C=O) groups excluding carboxylic acids is 1. The topological polar surface area (TPSA) is 121 Å². The summed E-state index contributed by atoms with van der Waals surface area (Å²) in [6.07, 6.45) is 3.09. The molecule has 5 rings (SSSR count). The number of hydrogen-bond acceptors (Lipinski definition) is 9. The van der Waals surface area contributed by atoms with Crippen LogP contribution < -0.4 is 15.8 Å². The maximum Gasteiger partial charge on any atom is 0.426 e. The molecule has 1 aromatic carbocycles. The molecule has 0 bridgehead atoms.